The third-order valence-corrected chi connectivity index (χ3v) is 3.83. The molecule has 21 heavy (non-hydrogen) atoms. The number of nitrogens with zero attached hydrogens (tertiary/aromatic N) is 1. The van der Waals surface area contributed by atoms with Gasteiger partial charge in [0, 0.05) is 24.9 Å². The number of carbonyl (C=O) groups is 3. The number of hydrogen-bond acceptors (Lipinski definition) is 4. The van der Waals surface area contributed by atoms with Crippen LogP contribution in [0.1, 0.15) is 17.7 Å². The Morgan fingerprint density at radius 3 is 2.71 bits per heavy atom. The molecule has 4 N–H and O–H groups in total. The van der Waals surface area contributed by atoms with Gasteiger partial charge in [-0.05, 0) is 24.3 Å². The van der Waals surface area contributed by atoms with E-state index in [1.54, 1.807) is 18.4 Å². The van der Waals surface area contributed by atoms with E-state index in [9.17, 15) is 14.4 Å². The van der Waals surface area contributed by atoms with Crippen LogP contribution in [-0.4, -0.2) is 47.5 Å². The lowest BCUT2D eigenvalue weighted by Gasteiger charge is -2.21. The lowest BCUT2D eigenvalue weighted by atomic mass is 10.1. The molecule has 1 unspecified atom stereocenters. The summed E-state index contributed by atoms with van der Waals surface area (Å²) in [6.45, 7) is 0.481. The molecule has 3 amide bonds. The summed E-state index contributed by atoms with van der Waals surface area (Å²) in [7, 11) is 1.59. The van der Waals surface area contributed by atoms with Gasteiger partial charge < -0.3 is 21.1 Å². The lowest BCUT2D eigenvalue weighted by molar-refractivity contribution is -0.139. The fraction of sp³-hybridized carbons (Fsp3) is 0.462. The first-order chi connectivity index (χ1) is 9.90. The molecule has 1 heterocycles. The highest BCUT2D eigenvalue weighted by molar-refractivity contribution is 7.09. The van der Waals surface area contributed by atoms with Crippen LogP contribution in [0.3, 0.4) is 0 Å². The topological polar surface area (TPSA) is 113 Å². The van der Waals surface area contributed by atoms with Crippen LogP contribution in [0.4, 0.5) is 4.79 Å². The average Bonchev–Trinajstić information content (AvgIpc) is 2.93. The van der Waals surface area contributed by atoms with Gasteiger partial charge in [-0.3, -0.25) is 4.79 Å². The van der Waals surface area contributed by atoms with Gasteiger partial charge in [0.15, 0.2) is 0 Å². The van der Waals surface area contributed by atoms with Gasteiger partial charge in [0.2, 0.25) is 5.91 Å². The molecule has 0 aliphatic rings. The van der Waals surface area contributed by atoms with E-state index in [2.05, 4.69) is 5.32 Å². The maximum atomic E-state index is 11.9. The predicted octanol–water partition coefficient (Wildman–Crippen LogP) is 0.651. The van der Waals surface area contributed by atoms with E-state index in [0.29, 0.717) is 13.0 Å². The molecule has 0 bridgehead atoms. The zero-order chi connectivity index (χ0) is 15.8. The summed E-state index contributed by atoms with van der Waals surface area (Å²) in [6.07, 6.45) is 0.603. The van der Waals surface area contributed by atoms with Gasteiger partial charge >= 0.3 is 12.0 Å². The normalized spacial score (nSPS) is 11.7. The molecule has 0 aliphatic carbocycles. The van der Waals surface area contributed by atoms with Crippen LogP contribution in [0.15, 0.2) is 17.5 Å². The number of carbonyl (C=O) groups excluding carboxylic acids is 2. The number of carboxylic acid groups (broad SMARTS) is 1. The molecule has 1 aromatic rings. The molecule has 0 aromatic carbocycles. The van der Waals surface area contributed by atoms with Gasteiger partial charge in [-0.1, -0.05) is 6.07 Å². The Kier molecular flexibility index (Phi) is 6.67. The van der Waals surface area contributed by atoms with E-state index in [1.165, 1.54) is 4.90 Å². The molecule has 0 spiro atoms. The molecule has 1 aromatic heterocycles. The second-order valence-electron chi connectivity index (χ2n) is 4.60. The minimum absolute atomic E-state index is 0.0187. The Balaban J connectivity index is 2.43. The number of primary amides is 1. The van der Waals surface area contributed by atoms with Crippen LogP contribution in [0, 0.1) is 0 Å². The van der Waals surface area contributed by atoms with Crippen molar-refractivity contribution in [3.8, 4) is 0 Å². The minimum Gasteiger partial charge on any atom is -0.480 e. The van der Waals surface area contributed by atoms with Crippen molar-refractivity contribution in [1.29, 1.82) is 0 Å². The molecule has 116 valence electrons. The van der Waals surface area contributed by atoms with Crippen molar-refractivity contribution in [1.82, 2.24) is 10.2 Å². The summed E-state index contributed by atoms with van der Waals surface area (Å²) >= 11 is 1.60. The van der Waals surface area contributed by atoms with Gasteiger partial charge in [-0.15, -0.1) is 11.3 Å². The Labute approximate surface area is 126 Å². The summed E-state index contributed by atoms with van der Waals surface area (Å²) in [5.41, 5.74) is 4.98. The molecule has 7 nitrogen and oxygen atoms in total. The van der Waals surface area contributed by atoms with E-state index in [1.807, 2.05) is 17.5 Å². The molecule has 0 saturated heterocycles. The zero-order valence-corrected chi connectivity index (χ0v) is 12.6. The molecule has 0 aliphatic heterocycles. The fourth-order valence-corrected chi connectivity index (χ4v) is 2.34. The summed E-state index contributed by atoms with van der Waals surface area (Å²) in [4.78, 5) is 36.2. The van der Waals surface area contributed by atoms with E-state index in [0.717, 1.165) is 4.88 Å². The zero-order valence-electron chi connectivity index (χ0n) is 11.7. The van der Waals surface area contributed by atoms with Crippen molar-refractivity contribution in [2.75, 3.05) is 13.6 Å². The van der Waals surface area contributed by atoms with E-state index in [4.69, 9.17) is 10.8 Å². The van der Waals surface area contributed by atoms with E-state index in [-0.39, 0.29) is 12.8 Å². The van der Waals surface area contributed by atoms with Gasteiger partial charge in [0.25, 0.3) is 0 Å². The highest BCUT2D eigenvalue weighted by atomic mass is 32.1. The van der Waals surface area contributed by atoms with Crippen molar-refractivity contribution < 1.29 is 19.5 Å². The third-order valence-electron chi connectivity index (χ3n) is 2.90. The number of rotatable bonds is 8. The van der Waals surface area contributed by atoms with Crippen LogP contribution < -0.4 is 11.1 Å². The summed E-state index contributed by atoms with van der Waals surface area (Å²) in [5, 5.41) is 13.4. The van der Waals surface area contributed by atoms with Gasteiger partial charge in [0.1, 0.15) is 6.04 Å². The number of nitrogens with two attached hydrogens (primary N) is 1. The smallest absolute Gasteiger partial charge is 0.326 e. The van der Waals surface area contributed by atoms with Crippen LogP contribution in [0.2, 0.25) is 0 Å². The van der Waals surface area contributed by atoms with Crippen molar-refractivity contribution in [3.63, 3.8) is 0 Å². The van der Waals surface area contributed by atoms with E-state index < -0.39 is 23.9 Å². The number of urea groups is 1. The standard InChI is InChI=1S/C13H19N3O4S/c1-16(7-6-9-3-2-8-21-9)13(20)15-10(12(18)19)4-5-11(14)17/h2-3,8,10H,4-7H2,1H3,(H2,14,17)(H,15,20)(H,18,19). The maximum absolute atomic E-state index is 11.9. The highest BCUT2D eigenvalue weighted by Crippen LogP contribution is 2.09. The maximum Gasteiger partial charge on any atom is 0.326 e. The number of nitrogens with one attached hydrogen (secondary N) is 1. The van der Waals surface area contributed by atoms with Gasteiger partial charge in [-0.25, -0.2) is 9.59 Å². The quantitative estimate of drug-likeness (QED) is 0.654. The summed E-state index contributed by atoms with van der Waals surface area (Å²) < 4.78 is 0. The second kappa shape index (κ2) is 8.25. The molecule has 8 heteroatoms. The number of likely N-dealkylation sites (N-methyl/N-ethyl adjacent to an activating group) is 1. The molecule has 0 radical (unpaired) electrons. The van der Waals surface area contributed by atoms with E-state index >= 15 is 0 Å². The predicted molar refractivity (Wildman–Crippen MR) is 79.0 cm³/mol. The van der Waals surface area contributed by atoms with Gasteiger partial charge in [-0.2, -0.15) is 0 Å². The van der Waals surface area contributed by atoms with Crippen molar-refractivity contribution >= 4 is 29.2 Å². The molecule has 1 rings (SSSR count). The molecule has 0 fully saturated rings. The first-order valence-electron chi connectivity index (χ1n) is 6.45. The van der Waals surface area contributed by atoms with Crippen LogP contribution in [-0.2, 0) is 16.0 Å². The minimum atomic E-state index is -1.18. The number of hydrogen-bond donors (Lipinski definition) is 3. The lowest BCUT2D eigenvalue weighted by Crippen LogP contribution is -2.47. The average molecular weight is 313 g/mol. The number of carboxylic acids is 1. The van der Waals surface area contributed by atoms with Crippen molar-refractivity contribution in [2.24, 2.45) is 5.73 Å². The van der Waals surface area contributed by atoms with Crippen molar-refractivity contribution in [2.45, 2.75) is 25.3 Å². The Morgan fingerprint density at radius 2 is 2.19 bits per heavy atom. The third kappa shape index (κ3) is 6.26. The van der Waals surface area contributed by atoms with Crippen molar-refractivity contribution in [3.05, 3.63) is 22.4 Å². The molecular weight excluding hydrogens is 294 g/mol. The monoisotopic (exact) mass is 313 g/mol. The Morgan fingerprint density at radius 1 is 1.48 bits per heavy atom. The first kappa shape index (κ1) is 17.0. The largest absolute Gasteiger partial charge is 0.480 e. The summed E-state index contributed by atoms with van der Waals surface area (Å²) in [5.74, 6) is -1.78. The Hall–Kier alpha value is -2.09. The van der Waals surface area contributed by atoms with Crippen LogP contribution >= 0.6 is 11.3 Å². The number of aliphatic carboxylic acids is 1. The number of thiophene rings is 1. The second-order valence-corrected chi connectivity index (χ2v) is 5.63. The highest BCUT2D eigenvalue weighted by Gasteiger charge is 2.22. The Bertz CT molecular complexity index is 490. The summed E-state index contributed by atoms with van der Waals surface area (Å²) in [6, 6.07) is 2.31. The first-order valence-corrected chi connectivity index (χ1v) is 7.33. The molecule has 1 atom stereocenters. The van der Waals surface area contributed by atoms with Crippen LogP contribution in [0.5, 0.6) is 0 Å². The molecule has 0 saturated carbocycles. The SMILES string of the molecule is CN(CCc1cccs1)C(=O)NC(CCC(N)=O)C(=O)O. The molecular formula is C13H19N3O4S. The number of amides is 3. The van der Waals surface area contributed by atoms with Crippen LogP contribution in [0.25, 0.3) is 0 Å². The fourth-order valence-electron chi connectivity index (χ4n) is 1.64. The van der Waals surface area contributed by atoms with Gasteiger partial charge in [0.05, 0.1) is 0 Å².